The lowest BCUT2D eigenvalue weighted by molar-refractivity contribution is 1.64. The van der Waals surface area contributed by atoms with E-state index in [0.29, 0.717) is 0 Å². The molecule has 25 heavy (non-hydrogen) atoms. The fourth-order valence-electron chi connectivity index (χ4n) is 3.22. The molecule has 124 valence electrons. The summed E-state index contributed by atoms with van der Waals surface area (Å²) in [4.78, 5) is 0. The average molecular weight is 343 g/mol. The minimum Gasteiger partial charge on any atom is -0.0877 e. The maximum Gasteiger partial charge on any atom is 0.115 e. The first-order valence-corrected chi connectivity index (χ1v) is 10.7. The van der Waals surface area contributed by atoms with Gasteiger partial charge in [0.25, 0.3) is 0 Å². The monoisotopic (exact) mass is 343 g/mol. The summed E-state index contributed by atoms with van der Waals surface area (Å²) in [5, 5.41) is 4.28. The molecule has 0 saturated heterocycles. The highest BCUT2D eigenvalue weighted by molar-refractivity contribution is 7.95. The average Bonchev–Trinajstić information content (AvgIpc) is 2.70. The van der Waals surface area contributed by atoms with Crippen molar-refractivity contribution in [2.75, 3.05) is 6.16 Å². The third-order valence-electron chi connectivity index (χ3n) is 4.41. The fourth-order valence-corrected chi connectivity index (χ4v) is 7.23. The molecule has 0 aliphatic rings. The fraction of sp³-hybridized carbons (Fsp3) is 0.0833. The Kier molecular flexibility index (Phi) is 5.99. The molecule has 0 aromatic heterocycles. The van der Waals surface area contributed by atoms with Crippen molar-refractivity contribution in [3.63, 3.8) is 0 Å². The summed E-state index contributed by atoms with van der Waals surface area (Å²) in [6, 6.07) is 33.0. The maximum atomic E-state index is 2.32. The summed E-state index contributed by atoms with van der Waals surface area (Å²) in [5.74, 6) is 0. The first-order valence-electron chi connectivity index (χ1n) is 8.70. The van der Waals surface area contributed by atoms with Crippen LogP contribution in [0.3, 0.4) is 0 Å². The number of rotatable bonds is 6. The van der Waals surface area contributed by atoms with Gasteiger partial charge in [0.05, 0.1) is 6.16 Å². The van der Waals surface area contributed by atoms with E-state index >= 15 is 0 Å². The van der Waals surface area contributed by atoms with E-state index in [4.69, 9.17) is 0 Å². The number of benzene rings is 3. The van der Waals surface area contributed by atoms with Gasteiger partial charge in [-0.2, -0.15) is 0 Å². The molecule has 0 aliphatic carbocycles. The van der Waals surface area contributed by atoms with Crippen LogP contribution in [0.1, 0.15) is 6.92 Å². The number of hydrogen-bond acceptors (Lipinski definition) is 0. The topological polar surface area (TPSA) is 0 Å². The van der Waals surface area contributed by atoms with Crippen LogP contribution in [0.4, 0.5) is 0 Å². The molecule has 0 aliphatic heterocycles. The molecule has 0 fully saturated rings. The molecule has 1 heteroatoms. The summed E-state index contributed by atoms with van der Waals surface area (Å²) < 4.78 is 0. The third kappa shape index (κ3) is 3.81. The van der Waals surface area contributed by atoms with E-state index in [1.54, 1.807) is 0 Å². The Morgan fingerprint density at radius 1 is 0.600 bits per heavy atom. The van der Waals surface area contributed by atoms with E-state index in [9.17, 15) is 0 Å². The molecule has 3 aromatic rings. The van der Waals surface area contributed by atoms with Crippen molar-refractivity contribution in [2.24, 2.45) is 0 Å². The zero-order valence-corrected chi connectivity index (χ0v) is 15.5. The van der Waals surface area contributed by atoms with Gasteiger partial charge in [-0.1, -0.05) is 72.8 Å². The largest absolute Gasteiger partial charge is 0.115 e. The van der Waals surface area contributed by atoms with Crippen molar-refractivity contribution in [1.29, 1.82) is 0 Å². The normalized spacial score (nSPS) is 12.0. The van der Waals surface area contributed by atoms with Crippen molar-refractivity contribution in [3.8, 4) is 0 Å². The van der Waals surface area contributed by atoms with Crippen molar-refractivity contribution < 1.29 is 0 Å². The van der Waals surface area contributed by atoms with Crippen LogP contribution in [0.25, 0.3) is 0 Å². The first kappa shape index (κ1) is 17.4. The Morgan fingerprint density at radius 3 is 1.36 bits per heavy atom. The molecule has 3 rings (SSSR count). The zero-order valence-electron chi connectivity index (χ0n) is 14.6. The summed E-state index contributed by atoms with van der Waals surface area (Å²) >= 11 is 0. The maximum absolute atomic E-state index is 2.32. The van der Waals surface area contributed by atoms with Crippen molar-refractivity contribution >= 4 is 23.2 Å². The summed E-state index contributed by atoms with van der Waals surface area (Å²) in [7, 11) is -1.71. The SMILES string of the molecule is C/C=C/C=C/C[P+](c1ccccc1)(c1ccccc1)c1ccccc1. The second-order valence-corrected chi connectivity index (χ2v) is 9.49. The van der Waals surface area contributed by atoms with Crippen molar-refractivity contribution in [3.05, 3.63) is 115 Å². The van der Waals surface area contributed by atoms with Crippen molar-refractivity contribution in [1.82, 2.24) is 0 Å². The number of hydrogen-bond donors (Lipinski definition) is 0. The molecule has 0 radical (unpaired) electrons. The Labute approximate surface area is 151 Å². The highest BCUT2D eigenvalue weighted by Crippen LogP contribution is 2.55. The van der Waals surface area contributed by atoms with Gasteiger partial charge < -0.3 is 0 Å². The second kappa shape index (κ2) is 8.60. The van der Waals surface area contributed by atoms with Crippen LogP contribution >= 0.6 is 7.26 Å². The van der Waals surface area contributed by atoms with Gasteiger partial charge in [-0.3, -0.25) is 0 Å². The molecule has 0 heterocycles. The highest BCUT2D eigenvalue weighted by Gasteiger charge is 2.43. The predicted molar refractivity (Wildman–Crippen MR) is 114 cm³/mol. The van der Waals surface area contributed by atoms with Crippen LogP contribution in [0.2, 0.25) is 0 Å². The van der Waals surface area contributed by atoms with Crippen LogP contribution < -0.4 is 15.9 Å². The zero-order chi connectivity index (χ0) is 17.4. The third-order valence-corrected chi connectivity index (χ3v) is 8.71. The van der Waals surface area contributed by atoms with Gasteiger partial charge in [-0.25, -0.2) is 0 Å². The molecule has 0 bridgehead atoms. The van der Waals surface area contributed by atoms with Crippen LogP contribution in [0.5, 0.6) is 0 Å². The minimum absolute atomic E-state index is 1.02. The van der Waals surface area contributed by atoms with Gasteiger partial charge in [0.2, 0.25) is 0 Å². The second-order valence-electron chi connectivity index (χ2n) is 5.95. The van der Waals surface area contributed by atoms with E-state index in [-0.39, 0.29) is 0 Å². The molecule has 0 unspecified atom stereocenters. The van der Waals surface area contributed by atoms with Gasteiger partial charge in [0.15, 0.2) is 0 Å². The Balaban J connectivity index is 2.23. The van der Waals surface area contributed by atoms with E-state index in [1.807, 2.05) is 0 Å². The molecule has 0 nitrogen and oxygen atoms in total. The summed E-state index contributed by atoms with van der Waals surface area (Å²) in [6.07, 6.45) is 9.69. The van der Waals surface area contributed by atoms with Gasteiger partial charge in [-0.15, -0.1) is 0 Å². The van der Waals surface area contributed by atoms with Gasteiger partial charge in [0, 0.05) is 0 Å². The standard InChI is InChI=1S/C24H24P/c1-2-3-4-14-21-25(22-15-8-5-9-16-22,23-17-10-6-11-18-23)24-19-12-7-13-20-24/h2-20H,21H2,1H3/q+1/b3-2+,14-4+. The lowest BCUT2D eigenvalue weighted by Gasteiger charge is -2.26. The highest BCUT2D eigenvalue weighted by atomic mass is 31.2. The lowest BCUT2D eigenvalue weighted by Crippen LogP contribution is -2.32. The quantitative estimate of drug-likeness (QED) is 0.431. The molecule has 0 amide bonds. The molecule has 0 atom stereocenters. The van der Waals surface area contributed by atoms with Gasteiger partial charge in [-0.05, 0) is 49.4 Å². The number of allylic oxidation sites excluding steroid dienone is 4. The van der Waals surface area contributed by atoms with E-state index in [1.165, 1.54) is 15.9 Å². The molecular formula is C24H24P+. The molecule has 3 aromatic carbocycles. The Bertz CT molecular complexity index is 721. The molecular weight excluding hydrogens is 319 g/mol. The molecule has 0 saturated carbocycles. The van der Waals surface area contributed by atoms with E-state index < -0.39 is 7.26 Å². The van der Waals surface area contributed by atoms with Crippen LogP contribution in [0.15, 0.2) is 115 Å². The molecule has 0 N–H and O–H groups in total. The van der Waals surface area contributed by atoms with Crippen LogP contribution in [0, 0.1) is 0 Å². The van der Waals surface area contributed by atoms with Crippen LogP contribution in [-0.4, -0.2) is 6.16 Å². The summed E-state index contributed by atoms with van der Waals surface area (Å²) in [6.45, 7) is 2.05. The first-order chi connectivity index (χ1) is 12.4. The van der Waals surface area contributed by atoms with Crippen LogP contribution in [-0.2, 0) is 0 Å². The summed E-state index contributed by atoms with van der Waals surface area (Å²) in [5.41, 5.74) is 0. The van der Waals surface area contributed by atoms with E-state index in [2.05, 4.69) is 122 Å². The lowest BCUT2D eigenvalue weighted by atomic mass is 10.4. The van der Waals surface area contributed by atoms with Crippen molar-refractivity contribution in [2.45, 2.75) is 6.92 Å². The van der Waals surface area contributed by atoms with E-state index in [0.717, 1.165) is 6.16 Å². The Hall–Kier alpha value is -2.43. The van der Waals surface area contributed by atoms with Gasteiger partial charge >= 0.3 is 0 Å². The molecule has 0 spiro atoms. The smallest absolute Gasteiger partial charge is 0.0877 e. The Morgan fingerprint density at radius 2 is 1.00 bits per heavy atom. The van der Waals surface area contributed by atoms with Gasteiger partial charge in [0.1, 0.15) is 23.2 Å². The minimum atomic E-state index is -1.71. The predicted octanol–water partition coefficient (Wildman–Crippen LogP) is 5.11.